The van der Waals surface area contributed by atoms with E-state index in [1.54, 1.807) is 29.8 Å². The summed E-state index contributed by atoms with van der Waals surface area (Å²) in [6, 6.07) is 7.81. The fourth-order valence-electron chi connectivity index (χ4n) is 3.71. The molecule has 152 valence electrons. The zero-order valence-electron chi connectivity index (χ0n) is 16.3. The number of carbonyl (C=O) groups is 1. The van der Waals surface area contributed by atoms with Crippen LogP contribution in [0.4, 0.5) is 4.39 Å². The van der Waals surface area contributed by atoms with Crippen molar-refractivity contribution in [3.05, 3.63) is 47.9 Å². The maximum atomic E-state index is 13.7. The summed E-state index contributed by atoms with van der Waals surface area (Å²) < 4.78 is 38.4. The first-order chi connectivity index (χ1) is 13.6. The molecule has 4 rings (SSSR count). The lowest BCUT2D eigenvalue weighted by Gasteiger charge is -2.38. The number of carbonyl (C=O) groups excluding carboxylic acids is 1. The van der Waals surface area contributed by atoms with Gasteiger partial charge in [-0.2, -0.15) is 5.10 Å². The maximum Gasteiger partial charge on any atom is 0.253 e. The molecule has 7 nitrogen and oxygen atoms in total. The van der Waals surface area contributed by atoms with Gasteiger partial charge in [-0.05, 0) is 39.0 Å². The van der Waals surface area contributed by atoms with E-state index in [0.717, 1.165) is 0 Å². The van der Waals surface area contributed by atoms with E-state index in [0.29, 0.717) is 27.9 Å². The van der Waals surface area contributed by atoms with Crippen molar-refractivity contribution in [2.24, 2.45) is 0 Å². The van der Waals surface area contributed by atoms with Gasteiger partial charge in [0.15, 0.2) is 9.84 Å². The fraction of sp³-hybridized carbons (Fsp3) is 0.350. The Morgan fingerprint density at radius 3 is 2.62 bits per heavy atom. The monoisotopic (exact) mass is 416 g/mol. The topological polar surface area (TPSA) is 93.9 Å². The SMILES string of the molecule is CC(C)n1nc(-c2cccc(F)c2)c2ncc(C(=O)NC3(C)CS(=O)(=O)C3)cc21. The minimum absolute atomic E-state index is 0.00536. The molecule has 1 aliphatic heterocycles. The average molecular weight is 416 g/mol. The van der Waals surface area contributed by atoms with Gasteiger partial charge in [0.1, 0.15) is 17.0 Å². The van der Waals surface area contributed by atoms with Gasteiger partial charge in [0.2, 0.25) is 0 Å². The highest BCUT2D eigenvalue weighted by molar-refractivity contribution is 7.93. The number of nitrogens with one attached hydrogen (secondary N) is 1. The number of rotatable bonds is 4. The van der Waals surface area contributed by atoms with Crippen LogP contribution in [0.15, 0.2) is 36.5 Å². The number of pyridine rings is 1. The average Bonchev–Trinajstić information content (AvgIpc) is 2.98. The van der Waals surface area contributed by atoms with Gasteiger partial charge in [-0.1, -0.05) is 12.1 Å². The molecule has 0 saturated carbocycles. The second kappa shape index (κ2) is 6.62. The van der Waals surface area contributed by atoms with Crippen LogP contribution in [0.1, 0.15) is 37.2 Å². The molecular formula is C20H21FN4O3S. The molecule has 9 heteroatoms. The normalized spacial score (nSPS) is 17.3. The lowest BCUT2D eigenvalue weighted by atomic mass is 10.1. The number of sulfone groups is 1. The molecule has 0 bridgehead atoms. The molecule has 1 aliphatic rings. The lowest BCUT2D eigenvalue weighted by Crippen LogP contribution is -2.63. The van der Waals surface area contributed by atoms with Crippen molar-refractivity contribution in [1.82, 2.24) is 20.1 Å². The smallest absolute Gasteiger partial charge is 0.253 e. The number of fused-ring (bicyclic) bond motifs is 1. The van der Waals surface area contributed by atoms with Gasteiger partial charge in [0.05, 0.1) is 28.1 Å². The molecule has 1 saturated heterocycles. The van der Waals surface area contributed by atoms with E-state index in [2.05, 4.69) is 15.4 Å². The summed E-state index contributed by atoms with van der Waals surface area (Å²) in [5.41, 5.74) is 1.91. The van der Waals surface area contributed by atoms with Crippen LogP contribution in [-0.4, -0.2) is 46.1 Å². The number of aromatic nitrogens is 3. The number of amides is 1. The van der Waals surface area contributed by atoms with Gasteiger partial charge in [-0.3, -0.25) is 14.5 Å². The van der Waals surface area contributed by atoms with Gasteiger partial charge >= 0.3 is 0 Å². The van der Waals surface area contributed by atoms with Crippen molar-refractivity contribution in [2.45, 2.75) is 32.4 Å². The van der Waals surface area contributed by atoms with E-state index in [-0.39, 0.29) is 29.3 Å². The minimum atomic E-state index is -3.08. The Balaban J connectivity index is 1.74. The quantitative estimate of drug-likeness (QED) is 0.706. The first-order valence-electron chi connectivity index (χ1n) is 9.24. The maximum absolute atomic E-state index is 13.7. The fourth-order valence-corrected chi connectivity index (χ4v) is 5.72. The van der Waals surface area contributed by atoms with Crippen molar-refractivity contribution >= 4 is 26.8 Å². The molecule has 0 unspecified atom stereocenters. The number of hydrogen-bond acceptors (Lipinski definition) is 5. The van der Waals surface area contributed by atoms with Gasteiger partial charge in [0.25, 0.3) is 5.91 Å². The summed E-state index contributed by atoms with van der Waals surface area (Å²) in [4.78, 5) is 17.1. The van der Waals surface area contributed by atoms with Crippen molar-refractivity contribution in [1.29, 1.82) is 0 Å². The van der Waals surface area contributed by atoms with Crippen LogP contribution in [-0.2, 0) is 9.84 Å². The predicted octanol–water partition coefficient (Wildman–Crippen LogP) is 2.74. The Hall–Kier alpha value is -2.81. The molecule has 0 spiro atoms. The van der Waals surface area contributed by atoms with E-state index >= 15 is 0 Å². The van der Waals surface area contributed by atoms with Crippen LogP contribution in [0.5, 0.6) is 0 Å². The molecule has 1 amide bonds. The first kappa shape index (κ1) is 19.5. The second-order valence-electron chi connectivity index (χ2n) is 8.04. The second-order valence-corrected chi connectivity index (χ2v) is 10.1. The minimum Gasteiger partial charge on any atom is -0.345 e. The highest BCUT2D eigenvalue weighted by Gasteiger charge is 2.45. The molecule has 0 radical (unpaired) electrons. The van der Waals surface area contributed by atoms with Crippen LogP contribution in [0.2, 0.25) is 0 Å². The first-order valence-corrected chi connectivity index (χ1v) is 11.1. The Morgan fingerprint density at radius 2 is 2.00 bits per heavy atom. The standard InChI is InChI=1S/C20H21FN4O3S/c1-12(2)25-16-8-14(19(26)23-20(3)10-29(27,28)11-20)9-22-18(16)17(24-25)13-5-4-6-15(21)7-13/h4-9,12H,10-11H2,1-3H3,(H,23,26). The molecule has 2 aromatic heterocycles. The molecule has 0 atom stereocenters. The predicted molar refractivity (Wildman–Crippen MR) is 108 cm³/mol. The molecule has 29 heavy (non-hydrogen) atoms. The van der Waals surface area contributed by atoms with Gasteiger partial charge in [-0.25, -0.2) is 12.8 Å². The molecule has 1 aromatic carbocycles. The van der Waals surface area contributed by atoms with Crippen molar-refractivity contribution < 1.29 is 17.6 Å². The Labute approximate surface area is 167 Å². The summed E-state index contributed by atoms with van der Waals surface area (Å²) in [5, 5.41) is 7.38. The number of benzene rings is 1. The third-order valence-electron chi connectivity index (χ3n) is 4.89. The molecule has 1 N–H and O–H groups in total. The highest BCUT2D eigenvalue weighted by atomic mass is 32.2. The molecule has 1 fully saturated rings. The Bertz CT molecular complexity index is 1220. The van der Waals surface area contributed by atoms with E-state index in [1.165, 1.54) is 18.3 Å². The van der Waals surface area contributed by atoms with Crippen LogP contribution in [0.25, 0.3) is 22.3 Å². The van der Waals surface area contributed by atoms with Gasteiger partial charge in [-0.15, -0.1) is 0 Å². The lowest BCUT2D eigenvalue weighted by molar-refractivity contribution is 0.0916. The van der Waals surface area contributed by atoms with E-state index in [1.807, 2.05) is 13.8 Å². The third kappa shape index (κ3) is 3.62. The summed E-state index contributed by atoms with van der Waals surface area (Å²) in [5.74, 6) is -0.903. The number of nitrogens with zero attached hydrogens (tertiary/aromatic N) is 3. The van der Waals surface area contributed by atoms with Crippen molar-refractivity contribution in [2.75, 3.05) is 11.5 Å². The third-order valence-corrected chi connectivity index (χ3v) is 7.04. The Morgan fingerprint density at radius 1 is 1.28 bits per heavy atom. The van der Waals surface area contributed by atoms with Gasteiger partial charge < -0.3 is 5.32 Å². The molecular weight excluding hydrogens is 395 g/mol. The van der Waals surface area contributed by atoms with Crippen LogP contribution in [0, 0.1) is 5.82 Å². The van der Waals surface area contributed by atoms with Crippen LogP contribution in [0.3, 0.4) is 0 Å². The van der Waals surface area contributed by atoms with Crippen LogP contribution < -0.4 is 5.32 Å². The van der Waals surface area contributed by atoms with Crippen LogP contribution >= 0.6 is 0 Å². The molecule has 3 heterocycles. The highest BCUT2D eigenvalue weighted by Crippen LogP contribution is 2.30. The van der Waals surface area contributed by atoms with E-state index in [4.69, 9.17) is 0 Å². The number of halogens is 1. The van der Waals surface area contributed by atoms with Crippen molar-refractivity contribution in [3.8, 4) is 11.3 Å². The van der Waals surface area contributed by atoms with Gasteiger partial charge in [0, 0.05) is 17.8 Å². The summed E-state index contributed by atoms with van der Waals surface area (Å²) in [6.07, 6.45) is 1.43. The number of hydrogen-bond donors (Lipinski definition) is 1. The van der Waals surface area contributed by atoms with E-state index in [9.17, 15) is 17.6 Å². The van der Waals surface area contributed by atoms with Crippen molar-refractivity contribution in [3.63, 3.8) is 0 Å². The zero-order chi connectivity index (χ0) is 21.0. The Kier molecular flexibility index (Phi) is 4.45. The van der Waals surface area contributed by atoms with E-state index < -0.39 is 15.4 Å². The summed E-state index contributed by atoms with van der Waals surface area (Å²) >= 11 is 0. The summed E-state index contributed by atoms with van der Waals surface area (Å²) in [6.45, 7) is 5.61. The zero-order valence-corrected chi connectivity index (χ0v) is 17.1. The molecule has 3 aromatic rings. The largest absolute Gasteiger partial charge is 0.345 e. The molecule has 0 aliphatic carbocycles. The summed E-state index contributed by atoms with van der Waals surface area (Å²) in [7, 11) is -3.08.